The number of hydrogen-bond donors (Lipinski definition) is 0. The van der Waals surface area contributed by atoms with Crippen LogP contribution in [0.25, 0.3) is 0 Å². The lowest BCUT2D eigenvalue weighted by atomic mass is 10.3. The van der Waals surface area contributed by atoms with Gasteiger partial charge in [0.2, 0.25) is 0 Å². The lowest BCUT2D eigenvalue weighted by Gasteiger charge is -2.35. The van der Waals surface area contributed by atoms with E-state index in [1.807, 2.05) is 0 Å². The zero-order valence-corrected chi connectivity index (χ0v) is 9.29. The highest BCUT2D eigenvalue weighted by molar-refractivity contribution is 4.68. The molecule has 13 heavy (non-hydrogen) atoms. The van der Waals surface area contributed by atoms with E-state index in [4.69, 9.17) is 0 Å². The quantitative estimate of drug-likeness (QED) is 0.633. The molecule has 1 aliphatic rings. The molecule has 0 spiro atoms. The molecule has 0 aromatic heterocycles. The van der Waals surface area contributed by atoms with Gasteiger partial charge in [-0.05, 0) is 20.1 Å². The monoisotopic (exact) mass is 185 g/mol. The first-order valence-corrected chi connectivity index (χ1v) is 5.39. The van der Waals surface area contributed by atoms with Crippen molar-refractivity contribution < 1.29 is 0 Å². The molecular formula is C10H23N3. The van der Waals surface area contributed by atoms with Crippen LogP contribution in [0.4, 0.5) is 0 Å². The van der Waals surface area contributed by atoms with Crippen LogP contribution in [0.2, 0.25) is 0 Å². The Bertz CT molecular complexity index is 126. The van der Waals surface area contributed by atoms with E-state index < -0.39 is 0 Å². The van der Waals surface area contributed by atoms with Crippen molar-refractivity contribution in [3.05, 3.63) is 0 Å². The Morgan fingerprint density at radius 2 is 1.54 bits per heavy atom. The zero-order valence-electron chi connectivity index (χ0n) is 9.29. The van der Waals surface area contributed by atoms with E-state index in [1.54, 1.807) is 0 Å². The van der Waals surface area contributed by atoms with E-state index in [0.29, 0.717) is 0 Å². The molecule has 0 amide bonds. The normalized spacial score (nSPS) is 21.2. The maximum atomic E-state index is 2.55. The smallest absolute Gasteiger partial charge is 0.0507 e. The van der Waals surface area contributed by atoms with Gasteiger partial charge in [0.25, 0.3) is 0 Å². The summed E-state index contributed by atoms with van der Waals surface area (Å²) in [6.45, 7) is 12.9. The van der Waals surface area contributed by atoms with Gasteiger partial charge < -0.3 is 4.90 Å². The maximum absolute atomic E-state index is 2.55. The molecule has 0 saturated carbocycles. The summed E-state index contributed by atoms with van der Waals surface area (Å²) in [6.07, 6.45) is 0. The fourth-order valence-corrected chi connectivity index (χ4v) is 1.70. The maximum Gasteiger partial charge on any atom is 0.0507 e. The van der Waals surface area contributed by atoms with Crippen LogP contribution in [0.1, 0.15) is 13.8 Å². The minimum Gasteiger partial charge on any atom is -0.304 e. The van der Waals surface area contributed by atoms with Crippen LogP contribution in [0, 0.1) is 0 Å². The molecule has 3 nitrogen and oxygen atoms in total. The summed E-state index contributed by atoms with van der Waals surface area (Å²) in [7, 11) is 2.20. The van der Waals surface area contributed by atoms with Crippen LogP contribution in [0.5, 0.6) is 0 Å². The first-order valence-electron chi connectivity index (χ1n) is 5.39. The van der Waals surface area contributed by atoms with Crippen molar-refractivity contribution in [1.82, 2.24) is 14.7 Å². The van der Waals surface area contributed by atoms with Gasteiger partial charge in [-0.15, -0.1) is 0 Å². The minimum atomic E-state index is 1.15. The summed E-state index contributed by atoms with van der Waals surface area (Å²) in [5.41, 5.74) is 0. The second-order valence-corrected chi connectivity index (χ2v) is 3.87. The molecule has 1 saturated heterocycles. The number of hydrogen-bond acceptors (Lipinski definition) is 3. The Kier molecular flexibility index (Phi) is 4.70. The highest BCUT2D eigenvalue weighted by Gasteiger charge is 2.14. The third-order valence-electron chi connectivity index (χ3n) is 2.89. The van der Waals surface area contributed by atoms with Crippen molar-refractivity contribution in [3.63, 3.8) is 0 Å². The van der Waals surface area contributed by atoms with E-state index in [0.717, 1.165) is 6.67 Å². The Morgan fingerprint density at radius 3 is 2.00 bits per heavy atom. The Labute approximate surface area is 82.3 Å². The summed E-state index contributed by atoms with van der Waals surface area (Å²) in [5, 5.41) is 0. The van der Waals surface area contributed by atoms with Crippen LogP contribution in [0.15, 0.2) is 0 Å². The largest absolute Gasteiger partial charge is 0.304 e. The Hall–Kier alpha value is -0.120. The van der Waals surface area contributed by atoms with E-state index >= 15 is 0 Å². The molecule has 0 aromatic rings. The van der Waals surface area contributed by atoms with Gasteiger partial charge in [-0.2, -0.15) is 0 Å². The van der Waals surface area contributed by atoms with Gasteiger partial charge >= 0.3 is 0 Å². The molecule has 1 rings (SSSR count). The van der Waals surface area contributed by atoms with E-state index in [2.05, 4.69) is 35.6 Å². The number of likely N-dealkylation sites (N-methyl/N-ethyl adjacent to an activating group) is 1. The van der Waals surface area contributed by atoms with Crippen LogP contribution in [-0.4, -0.2) is 67.7 Å². The highest BCUT2D eigenvalue weighted by atomic mass is 15.3. The molecule has 1 fully saturated rings. The van der Waals surface area contributed by atoms with Crippen molar-refractivity contribution >= 4 is 0 Å². The van der Waals surface area contributed by atoms with Crippen LogP contribution >= 0.6 is 0 Å². The van der Waals surface area contributed by atoms with E-state index in [9.17, 15) is 0 Å². The molecule has 0 aliphatic carbocycles. The van der Waals surface area contributed by atoms with Gasteiger partial charge in [-0.1, -0.05) is 13.8 Å². The average molecular weight is 185 g/mol. The predicted molar refractivity (Wildman–Crippen MR) is 56.9 cm³/mol. The van der Waals surface area contributed by atoms with Gasteiger partial charge in [0, 0.05) is 26.2 Å². The summed E-state index contributed by atoms with van der Waals surface area (Å²) < 4.78 is 0. The van der Waals surface area contributed by atoms with E-state index in [1.165, 1.54) is 39.3 Å². The number of piperazine rings is 1. The molecule has 3 heteroatoms. The molecule has 0 aromatic carbocycles. The van der Waals surface area contributed by atoms with E-state index in [-0.39, 0.29) is 0 Å². The Balaban J connectivity index is 2.21. The van der Waals surface area contributed by atoms with Crippen LogP contribution in [-0.2, 0) is 0 Å². The predicted octanol–water partition coefficient (Wildman–Crippen LogP) is 0.533. The molecule has 0 bridgehead atoms. The average Bonchev–Trinajstić information content (AvgIpc) is 2.17. The molecule has 0 radical (unpaired) electrons. The second kappa shape index (κ2) is 5.58. The third kappa shape index (κ3) is 3.63. The van der Waals surface area contributed by atoms with Crippen molar-refractivity contribution in [2.45, 2.75) is 13.8 Å². The van der Waals surface area contributed by atoms with Crippen LogP contribution in [0.3, 0.4) is 0 Å². The molecule has 1 aliphatic heterocycles. The van der Waals surface area contributed by atoms with Gasteiger partial charge in [0.05, 0.1) is 6.67 Å². The SMILES string of the molecule is CCN(CC)CN1CCN(C)CC1. The Morgan fingerprint density at radius 1 is 1.00 bits per heavy atom. The van der Waals surface area contributed by atoms with Crippen molar-refractivity contribution in [1.29, 1.82) is 0 Å². The molecular weight excluding hydrogens is 162 g/mol. The molecule has 0 unspecified atom stereocenters. The van der Waals surface area contributed by atoms with Crippen LogP contribution < -0.4 is 0 Å². The molecule has 78 valence electrons. The van der Waals surface area contributed by atoms with Gasteiger partial charge in [0.1, 0.15) is 0 Å². The number of rotatable bonds is 4. The third-order valence-corrected chi connectivity index (χ3v) is 2.89. The summed E-state index contributed by atoms with van der Waals surface area (Å²) >= 11 is 0. The van der Waals surface area contributed by atoms with Crippen molar-refractivity contribution in [3.8, 4) is 0 Å². The fourth-order valence-electron chi connectivity index (χ4n) is 1.70. The molecule has 0 atom stereocenters. The lowest BCUT2D eigenvalue weighted by Crippen LogP contribution is -2.48. The van der Waals surface area contributed by atoms with Gasteiger partial charge in [-0.3, -0.25) is 9.80 Å². The second-order valence-electron chi connectivity index (χ2n) is 3.87. The molecule has 1 heterocycles. The summed E-state index contributed by atoms with van der Waals surface area (Å²) in [6, 6.07) is 0. The van der Waals surface area contributed by atoms with Gasteiger partial charge in [-0.25, -0.2) is 0 Å². The number of nitrogens with zero attached hydrogens (tertiary/aromatic N) is 3. The fraction of sp³-hybridized carbons (Fsp3) is 1.00. The lowest BCUT2D eigenvalue weighted by molar-refractivity contribution is 0.0890. The first-order chi connectivity index (χ1) is 6.26. The standard InChI is InChI=1S/C10H23N3/c1-4-12(5-2)10-13-8-6-11(3)7-9-13/h4-10H2,1-3H3. The van der Waals surface area contributed by atoms with Gasteiger partial charge in [0.15, 0.2) is 0 Å². The minimum absolute atomic E-state index is 1.15. The topological polar surface area (TPSA) is 9.72 Å². The first kappa shape index (κ1) is 11.0. The summed E-state index contributed by atoms with van der Waals surface area (Å²) in [5.74, 6) is 0. The van der Waals surface area contributed by atoms with Crippen molar-refractivity contribution in [2.24, 2.45) is 0 Å². The van der Waals surface area contributed by atoms with Crippen molar-refractivity contribution in [2.75, 3.05) is 53.0 Å². The summed E-state index contributed by atoms with van der Waals surface area (Å²) in [4.78, 5) is 7.43. The highest BCUT2D eigenvalue weighted by Crippen LogP contribution is 2.00. The zero-order chi connectivity index (χ0) is 9.68. The molecule has 0 N–H and O–H groups in total.